The van der Waals surface area contributed by atoms with Crippen molar-refractivity contribution in [1.29, 1.82) is 0 Å². The van der Waals surface area contributed by atoms with Crippen LogP contribution in [-0.4, -0.2) is 19.2 Å². The van der Waals surface area contributed by atoms with E-state index in [2.05, 4.69) is 5.32 Å². The molecule has 0 bridgehead atoms. The van der Waals surface area contributed by atoms with Crippen molar-refractivity contribution >= 4 is 35.4 Å². The van der Waals surface area contributed by atoms with Gasteiger partial charge < -0.3 is 14.8 Å². The molecule has 3 amide bonds. The van der Waals surface area contributed by atoms with Crippen LogP contribution in [0.15, 0.2) is 36.4 Å². The summed E-state index contributed by atoms with van der Waals surface area (Å²) in [6.07, 6.45) is -4.62. The number of nitrogens with zero attached hydrogens (tertiary/aromatic N) is 1. The molecule has 0 aromatic heterocycles. The number of ether oxygens (including phenoxy) is 2. The first kappa shape index (κ1) is 17.9. The smallest absolute Gasteiger partial charge is 0.417 e. The molecule has 10 heteroatoms. The Morgan fingerprint density at radius 2 is 1.88 bits per heavy atom. The van der Waals surface area contributed by atoms with Crippen molar-refractivity contribution < 1.29 is 32.2 Å². The summed E-state index contributed by atoms with van der Waals surface area (Å²) in [4.78, 5) is 24.1. The normalized spacial score (nSPS) is 12.6. The molecule has 6 nitrogen and oxygen atoms in total. The van der Waals surface area contributed by atoms with Crippen LogP contribution in [0.2, 0.25) is 5.02 Å². The predicted molar refractivity (Wildman–Crippen MR) is 86.6 cm³/mol. The number of benzene rings is 2. The fraction of sp³-hybridized carbons (Fsp3) is 0.125. The first-order chi connectivity index (χ1) is 12.3. The highest BCUT2D eigenvalue weighted by molar-refractivity contribution is 6.31. The first-order valence-electron chi connectivity index (χ1n) is 7.11. The number of halogens is 4. The lowest BCUT2D eigenvalue weighted by molar-refractivity contribution is -0.137. The number of nitrogens with one attached hydrogen (secondary N) is 1. The van der Waals surface area contributed by atoms with Crippen molar-refractivity contribution in [2.24, 2.45) is 0 Å². The molecular weight excluding hydrogens is 377 g/mol. The Bertz CT molecular complexity index is 873. The summed E-state index contributed by atoms with van der Waals surface area (Å²) < 4.78 is 49.2. The summed E-state index contributed by atoms with van der Waals surface area (Å²) >= 11 is 5.54. The van der Waals surface area contributed by atoms with Gasteiger partial charge in [0.2, 0.25) is 13.2 Å². The molecule has 1 N–H and O–H groups in total. The Kier molecular flexibility index (Phi) is 4.64. The van der Waals surface area contributed by atoms with E-state index in [9.17, 15) is 22.8 Å². The van der Waals surface area contributed by atoms with Gasteiger partial charge in [-0.25, -0.2) is 9.69 Å². The minimum absolute atomic E-state index is 0.0399. The molecule has 0 unspecified atom stereocenters. The summed E-state index contributed by atoms with van der Waals surface area (Å²) in [6.45, 7) is 0.0399. The molecule has 0 atom stereocenters. The van der Waals surface area contributed by atoms with E-state index in [1.54, 1.807) is 6.07 Å². The summed E-state index contributed by atoms with van der Waals surface area (Å²) in [5.74, 6) is 0.883. The molecule has 0 aliphatic carbocycles. The first-order valence-corrected chi connectivity index (χ1v) is 7.49. The third kappa shape index (κ3) is 3.52. The largest absolute Gasteiger partial charge is 0.454 e. The summed E-state index contributed by atoms with van der Waals surface area (Å²) in [5.41, 5.74) is -1.16. The van der Waals surface area contributed by atoms with E-state index >= 15 is 0 Å². The van der Waals surface area contributed by atoms with Crippen molar-refractivity contribution in [2.45, 2.75) is 6.18 Å². The van der Waals surface area contributed by atoms with Crippen LogP contribution in [0.1, 0.15) is 5.56 Å². The maximum Gasteiger partial charge on any atom is 0.417 e. The number of anilines is 2. The van der Waals surface area contributed by atoms with Gasteiger partial charge in [0.15, 0.2) is 11.5 Å². The minimum atomic E-state index is -4.73. The topological polar surface area (TPSA) is 67.9 Å². The van der Waals surface area contributed by atoms with Gasteiger partial charge in [-0.15, -0.1) is 0 Å². The van der Waals surface area contributed by atoms with Gasteiger partial charge in [-0.2, -0.15) is 13.2 Å². The van der Waals surface area contributed by atoms with Crippen LogP contribution >= 0.6 is 11.6 Å². The zero-order valence-corrected chi connectivity index (χ0v) is 13.6. The minimum Gasteiger partial charge on any atom is -0.454 e. The van der Waals surface area contributed by atoms with Crippen LogP contribution in [0.4, 0.5) is 29.3 Å². The molecule has 2 aromatic carbocycles. The van der Waals surface area contributed by atoms with Crippen LogP contribution in [0.5, 0.6) is 11.5 Å². The Hall–Kier alpha value is -2.94. The lowest BCUT2D eigenvalue weighted by Gasteiger charge is -2.18. The summed E-state index contributed by atoms with van der Waals surface area (Å²) in [5, 5.41) is 1.86. The summed E-state index contributed by atoms with van der Waals surface area (Å²) in [7, 11) is 0. The molecule has 26 heavy (non-hydrogen) atoms. The number of carbonyl (C=O) groups excluding carboxylic acids is 2. The van der Waals surface area contributed by atoms with Gasteiger partial charge in [-0.05, 0) is 30.3 Å². The second-order valence-corrected chi connectivity index (χ2v) is 5.54. The lowest BCUT2D eigenvalue weighted by Crippen LogP contribution is -2.33. The lowest BCUT2D eigenvalue weighted by atomic mass is 10.2. The number of hydrogen-bond acceptors (Lipinski definition) is 4. The predicted octanol–water partition coefficient (Wildman–Crippen LogP) is 4.28. The Balaban J connectivity index is 1.84. The third-order valence-corrected chi connectivity index (χ3v) is 3.81. The maximum atomic E-state index is 13.0. The molecule has 2 aromatic rings. The molecule has 0 saturated carbocycles. The number of amides is 3. The average molecular weight is 387 g/mol. The van der Waals surface area contributed by atoms with E-state index < -0.39 is 22.8 Å². The fourth-order valence-electron chi connectivity index (χ4n) is 2.26. The average Bonchev–Trinajstić information content (AvgIpc) is 3.03. The zero-order valence-electron chi connectivity index (χ0n) is 12.8. The van der Waals surface area contributed by atoms with Crippen molar-refractivity contribution in [3.05, 3.63) is 47.0 Å². The van der Waals surface area contributed by atoms with Gasteiger partial charge in [0.05, 0.1) is 16.3 Å². The molecule has 3 rings (SSSR count). The van der Waals surface area contributed by atoms with Gasteiger partial charge in [-0.3, -0.25) is 4.79 Å². The van der Waals surface area contributed by atoms with Gasteiger partial charge >= 0.3 is 12.2 Å². The van der Waals surface area contributed by atoms with Crippen LogP contribution in [-0.2, 0) is 11.0 Å². The van der Waals surface area contributed by atoms with E-state index in [-0.39, 0.29) is 24.6 Å². The van der Waals surface area contributed by atoms with Crippen molar-refractivity contribution in [1.82, 2.24) is 0 Å². The Morgan fingerprint density at radius 3 is 2.58 bits per heavy atom. The molecule has 1 aliphatic heterocycles. The number of urea groups is 1. The molecule has 1 heterocycles. The Labute approximate surface area is 150 Å². The van der Waals surface area contributed by atoms with Gasteiger partial charge in [0.1, 0.15) is 0 Å². The van der Waals surface area contributed by atoms with E-state index in [0.29, 0.717) is 22.5 Å². The second kappa shape index (κ2) is 6.75. The van der Waals surface area contributed by atoms with Crippen LogP contribution in [0.3, 0.4) is 0 Å². The molecule has 0 spiro atoms. The van der Waals surface area contributed by atoms with Crippen LogP contribution in [0, 0.1) is 0 Å². The van der Waals surface area contributed by atoms with Gasteiger partial charge in [-0.1, -0.05) is 11.6 Å². The molecule has 0 radical (unpaired) electrons. The van der Waals surface area contributed by atoms with Gasteiger partial charge in [0, 0.05) is 11.8 Å². The molecule has 0 saturated heterocycles. The highest BCUT2D eigenvalue weighted by Crippen LogP contribution is 2.37. The monoisotopic (exact) mass is 386 g/mol. The molecule has 0 fully saturated rings. The number of alkyl halides is 3. The molecular formula is C16H10ClF3N2O4. The third-order valence-electron chi connectivity index (χ3n) is 3.48. The van der Waals surface area contributed by atoms with Crippen molar-refractivity contribution in [3.63, 3.8) is 0 Å². The van der Waals surface area contributed by atoms with Crippen molar-refractivity contribution in [3.8, 4) is 11.5 Å². The second-order valence-electron chi connectivity index (χ2n) is 5.14. The fourth-order valence-corrected chi connectivity index (χ4v) is 2.49. The standard InChI is InChI=1S/C16H10ClF3N2O4/c17-12-3-2-10(6-11(12)16(18,19)20)22(7-23)15(24)21-9-1-4-13-14(5-9)26-8-25-13/h1-7H,8H2,(H,21,24). The van der Waals surface area contributed by atoms with E-state index in [4.69, 9.17) is 21.1 Å². The number of rotatable bonds is 3. The summed E-state index contributed by atoms with van der Waals surface area (Å²) in [6, 6.07) is 6.27. The van der Waals surface area contributed by atoms with Crippen LogP contribution < -0.4 is 19.7 Å². The van der Waals surface area contributed by atoms with Gasteiger partial charge in [0.25, 0.3) is 0 Å². The highest BCUT2D eigenvalue weighted by Gasteiger charge is 2.34. The molecule has 136 valence electrons. The van der Waals surface area contributed by atoms with E-state index in [0.717, 1.165) is 12.1 Å². The van der Waals surface area contributed by atoms with E-state index in [1.165, 1.54) is 12.1 Å². The SMILES string of the molecule is O=CN(C(=O)Nc1ccc2c(c1)OCO2)c1ccc(Cl)c(C(F)(F)F)c1. The Morgan fingerprint density at radius 1 is 1.15 bits per heavy atom. The number of imide groups is 1. The number of carbonyl (C=O) groups is 2. The van der Waals surface area contributed by atoms with E-state index in [1.807, 2.05) is 0 Å². The quantitative estimate of drug-likeness (QED) is 0.799. The number of fused-ring (bicyclic) bond motifs is 1. The molecule has 1 aliphatic rings. The van der Waals surface area contributed by atoms with Crippen LogP contribution in [0.25, 0.3) is 0 Å². The zero-order chi connectivity index (χ0) is 18.9. The highest BCUT2D eigenvalue weighted by atomic mass is 35.5. The number of hydrogen-bond donors (Lipinski definition) is 1. The van der Waals surface area contributed by atoms with Crippen molar-refractivity contribution in [2.75, 3.05) is 17.0 Å². The maximum absolute atomic E-state index is 13.0.